The highest BCUT2D eigenvalue weighted by Gasteiger charge is 2.36. The third kappa shape index (κ3) is 3.32. The molecule has 0 unspecified atom stereocenters. The van der Waals surface area contributed by atoms with Gasteiger partial charge < -0.3 is 21.1 Å². The fourth-order valence-corrected chi connectivity index (χ4v) is 2.85. The van der Waals surface area contributed by atoms with Gasteiger partial charge in [-0.3, -0.25) is 4.79 Å². The minimum Gasteiger partial charge on any atom is -0.391 e. The molecule has 1 heterocycles. The van der Waals surface area contributed by atoms with E-state index in [1.54, 1.807) is 23.1 Å². The zero-order chi connectivity index (χ0) is 14.9. The predicted octanol–water partition coefficient (Wildman–Crippen LogP) is 1.61. The summed E-state index contributed by atoms with van der Waals surface area (Å²) in [6.07, 6.45) is -0.362. The maximum atomic E-state index is 11.4. The Morgan fingerprint density at radius 1 is 1.50 bits per heavy atom. The van der Waals surface area contributed by atoms with E-state index in [1.165, 1.54) is 0 Å². The third-order valence-electron chi connectivity index (χ3n) is 3.04. The molecule has 0 saturated carbocycles. The Bertz CT molecular complexity index is 556. The average Bonchev–Trinajstić information content (AvgIpc) is 2.75. The molecular weight excluding hydrogens is 321 g/mol. The number of carbonyl (C=O) groups excluding carboxylic acids is 1. The van der Waals surface area contributed by atoms with Gasteiger partial charge >= 0.3 is 0 Å². The second-order valence-corrected chi connectivity index (χ2v) is 5.74. The summed E-state index contributed by atoms with van der Waals surface area (Å²) in [6.45, 7) is 0.255. The van der Waals surface area contributed by atoms with Crippen molar-refractivity contribution in [2.75, 3.05) is 11.9 Å². The summed E-state index contributed by atoms with van der Waals surface area (Å²) in [5, 5.41) is 13.8. The predicted molar refractivity (Wildman–Crippen MR) is 83.0 cm³/mol. The first-order valence-electron chi connectivity index (χ1n) is 5.88. The maximum Gasteiger partial charge on any atom is 0.240 e. The van der Waals surface area contributed by atoms with Crippen LogP contribution in [0, 0.1) is 0 Å². The molecule has 2 atom stereocenters. The fourth-order valence-electron chi connectivity index (χ4n) is 2.09. The number of aliphatic hydroxyl groups excluding tert-OH is 1. The number of nitrogens with one attached hydrogen (secondary N) is 1. The molecule has 0 aliphatic carbocycles. The number of nitrogens with zero attached hydrogens (tertiary/aromatic N) is 1. The van der Waals surface area contributed by atoms with Crippen LogP contribution < -0.4 is 11.1 Å². The van der Waals surface area contributed by atoms with Gasteiger partial charge in [0.1, 0.15) is 6.04 Å². The van der Waals surface area contributed by atoms with E-state index in [1.807, 2.05) is 0 Å². The number of primary amides is 1. The van der Waals surface area contributed by atoms with E-state index >= 15 is 0 Å². The van der Waals surface area contributed by atoms with E-state index in [0.29, 0.717) is 15.7 Å². The van der Waals surface area contributed by atoms with Gasteiger partial charge in [-0.1, -0.05) is 23.2 Å². The molecular formula is C12H13Cl2N3O2S. The normalized spacial score (nSPS) is 21.9. The molecule has 5 nitrogen and oxygen atoms in total. The van der Waals surface area contributed by atoms with Crippen molar-refractivity contribution < 1.29 is 9.90 Å². The maximum absolute atomic E-state index is 11.4. The molecule has 8 heteroatoms. The van der Waals surface area contributed by atoms with Crippen molar-refractivity contribution in [3.05, 3.63) is 28.2 Å². The zero-order valence-corrected chi connectivity index (χ0v) is 12.7. The second kappa shape index (κ2) is 6.13. The first-order chi connectivity index (χ1) is 9.38. The lowest BCUT2D eigenvalue weighted by Gasteiger charge is -2.25. The van der Waals surface area contributed by atoms with Gasteiger partial charge in [-0.25, -0.2) is 0 Å². The number of hydrogen-bond donors (Lipinski definition) is 3. The Balaban J connectivity index is 2.13. The molecule has 2 rings (SSSR count). The molecule has 1 aromatic carbocycles. The van der Waals surface area contributed by atoms with E-state index in [2.05, 4.69) is 5.32 Å². The molecule has 0 bridgehead atoms. The Morgan fingerprint density at radius 3 is 2.80 bits per heavy atom. The zero-order valence-electron chi connectivity index (χ0n) is 10.3. The molecule has 0 radical (unpaired) electrons. The highest BCUT2D eigenvalue weighted by molar-refractivity contribution is 7.80. The van der Waals surface area contributed by atoms with Crippen LogP contribution >= 0.6 is 35.4 Å². The summed E-state index contributed by atoms with van der Waals surface area (Å²) in [7, 11) is 0. The van der Waals surface area contributed by atoms with Gasteiger partial charge in [-0.05, 0) is 30.4 Å². The average molecular weight is 334 g/mol. The van der Waals surface area contributed by atoms with Crippen LogP contribution in [0.1, 0.15) is 6.42 Å². The number of rotatable bonds is 2. The van der Waals surface area contributed by atoms with Crippen molar-refractivity contribution in [2.24, 2.45) is 5.73 Å². The molecule has 108 valence electrons. The number of anilines is 1. The minimum absolute atomic E-state index is 0.255. The number of aliphatic hydroxyl groups is 1. The number of benzene rings is 1. The van der Waals surface area contributed by atoms with Crippen LogP contribution in [-0.2, 0) is 4.79 Å². The smallest absolute Gasteiger partial charge is 0.240 e. The number of β-amino-alcohol motifs (C(OH)–C–C–N with tert-alkyl or cyclic N) is 1. The second-order valence-electron chi connectivity index (χ2n) is 4.51. The van der Waals surface area contributed by atoms with Gasteiger partial charge in [0.05, 0.1) is 16.8 Å². The molecule has 20 heavy (non-hydrogen) atoms. The number of hydrogen-bond acceptors (Lipinski definition) is 3. The van der Waals surface area contributed by atoms with Crippen LogP contribution in [0.4, 0.5) is 5.69 Å². The van der Waals surface area contributed by atoms with E-state index in [-0.39, 0.29) is 18.1 Å². The summed E-state index contributed by atoms with van der Waals surface area (Å²) >= 11 is 17.1. The summed E-state index contributed by atoms with van der Waals surface area (Å²) in [5.41, 5.74) is 5.88. The largest absolute Gasteiger partial charge is 0.391 e. The first-order valence-corrected chi connectivity index (χ1v) is 7.05. The molecule has 0 aromatic heterocycles. The van der Waals surface area contributed by atoms with Crippen LogP contribution in [-0.4, -0.2) is 39.7 Å². The molecule has 1 amide bonds. The number of nitrogens with two attached hydrogens (primary N) is 1. The van der Waals surface area contributed by atoms with Crippen molar-refractivity contribution >= 4 is 52.1 Å². The molecule has 1 fully saturated rings. The van der Waals surface area contributed by atoms with Crippen LogP contribution in [0.15, 0.2) is 18.2 Å². The minimum atomic E-state index is -0.632. The summed E-state index contributed by atoms with van der Waals surface area (Å²) in [5.74, 6) is -0.520. The van der Waals surface area contributed by atoms with E-state index in [9.17, 15) is 9.90 Å². The molecule has 1 aliphatic heterocycles. The Kier molecular flexibility index (Phi) is 4.70. The van der Waals surface area contributed by atoms with Crippen molar-refractivity contribution in [2.45, 2.75) is 18.6 Å². The topological polar surface area (TPSA) is 78.6 Å². The molecule has 4 N–H and O–H groups in total. The third-order valence-corrected chi connectivity index (χ3v) is 3.93. The van der Waals surface area contributed by atoms with E-state index in [4.69, 9.17) is 41.2 Å². The number of likely N-dealkylation sites (tertiary alicyclic amines) is 1. The Labute approximate surface area is 131 Å². The van der Waals surface area contributed by atoms with E-state index in [0.717, 1.165) is 0 Å². The molecule has 0 spiro atoms. The summed E-state index contributed by atoms with van der Waals surface area (Å²) < 4.78 is 0. The Morgan fingerprint density at radius 2 is 2.20 bits per heavy atom. The molecule has 1 aliphatic rings. The molecule has 1 aromatic rings. The highest BCUT2D eigenvalue weighted by atomic mass is 35.5. The lowest BCUT2D eigenvalue weighted by atomic mass is 10.2. The van der Waals surface area contributed by atoms with E-state index < -0.39 is 18.1 Å². The van der Waals surface area contributed by atoms with Gasteiger partial charge in [0.2, 0.25) is 5.91 Å². The van der Waals surface area contributed by atoms with Crippen molar-refractivity contribution in [1.29, 1.82) is 0 Å². The SMILES string of the molecule is NC(=O)[C@H]1C[C@@H](O)CN1C(=S)Nc1ccc(Cl)cc1Cl. The monoisotopic (exact) mass is 333 g/mol. The van der Waals surface area contributed by atoms with Gasteiger partial charge in [0.15, 0.2) is 5.11 Å². The van der Waals surface area contributed by atoms with Gasteiger partial charge in [-0.2, -0.15) is 0 Å². The standard InChI is InChI=1S/C12H13Cl2N3O2S/c13-6-1-2-9(8(14)3-6)16-12(20)17-5-7(18)4-10(17)11(15)19/h1-3,7,10,18H,4-5H2,(H2,15,19)(H,16,20)/t7-,10-/m1/s1. The van der Waals surface area contributed by atoms with Crippen LogP contribution in [0.25, 0.3) is 0 Å². The van der Waals surface area contributed by atoms with Gasteiger partial charge in [0, 0.05) is 18.0 Å². The number of halogens is 2. The van der Waals surface area contributed by atoms with Crippen LogP contribution in [0.3, 0.4) is 0 Å². The molecule has 1 saturated heterocycles. The van der Waals surface area contributed by atoms with Gasteiger partial charge in [-0.15, -0.1) is 0 Å². The van der Waals surface area contributed by atoms with Gasteiger partial charge in [0.25, 0.3) is 0 Å². The number of carbonyl (C=O) groups is 1. The lowest BCUT2D eigenvalue weighted by molar-refractivity contribution is -0.121. The fraction of sp³-hybridized carbons (Fsp3) is 0.333. The highest BCUT2D eigenvalue weighted by Crippen LogP contribution is 2.27. The van der Waals surface area contributed by atoms with Crippen molar-refractivity contribution in [3.8, 4) is 0 Å². The first kappa shape index (κ1) is 15.3. The van der Waals surface area contributed by atoms with Crippen LogP contribution in [0.2, 0.25) is 10.0 Å². The quantitative estimate of drug-likeness (QED) is 0.716. The number of amides is 1. The number of thiocarbonyl (C=S) groups is 1. The summed E-state index contributed by atoms with van der Waals surface area (Å²) in [6, 6.07) is 4.32. The summed E-state index contributed by atoms with van der Waals surface area (Å²) in [4.78, 5) is 12.9. The lowest BCUT2D eigenvalue weighted by Crippen LogP contribution is -2.45. The van der Waals surface area contributed by atoms with Crippen molar-refractivity contribution in [3.63, 3.8) is 0 Å². The Hall–Kier alpha value is -1.08. The van der Waals surface area contributed by atoms with Crippen molar-refractivity contribution in [1.82, 2.24) is 4.90 Å². The van der Waals surface area contributed by atoms with Crippen LogP contribution in [0.5, 0.6) is 0 Å².